The maximum atomic E-state index is 12.5. The summed E-state index contributed by atoms with van der Waals surface area (Å²) in [4.78, 5) is 14.7. The molecule has 0 bridgehead atoms. The summed E-state index contributed by atoms with van der Waals surface area (Å²) in [5, 5.41) is 20.1. The smallest absolute Gasteiger partial charge is 0.412 e. The molecule has 2 N–H and O–H groups in total. The van der Waals surface area contributed by atoms with Crippen molar-refractivity contribution in [1.82, 2.24) is 19.8 Å². The van der Waals surface area contributed by atoms with Crippen LogP contribution in [0, 0.1) is 11.3 Å². The number of fused-ring (bicyclic) bond motifs is 1. The zero-order valence-corrected chi connectivity index (χ0v) is 21.4. The molecule has 0 spiro atoms. The number of hydrogen-bond donors (Lipinski definition) is 2. The van der Waals surface area contributed by atoms with Gasteiger partial charge in [-0.1, -0.05) is 18.2 Å². The lowest BCUT2D eigenvalue weighted by atomic mass is 10.2. The zero-order valence-electron chi connectivity index (χ0n) is 21.4. The first-order valence-corrected chi connectivity index (χ1v) is 12.5. The van der Waals surface area contributed by atoms with Crippen molar-refractivity contribution in [2.24, 2.45) is 0 Å². The molecule has 0 radical (unpaired) electrons. The third-order valence-corrected chi connectivity index (χ3v) is 6.16. The molecule has 1 amide bonds. The quantitative estimate of drug-likeness (QED) is 0.329. The third-order valence-electron chi connectivity index (χ3n) is 6.16. The monoisotopic (exact) mass is 528 g/mol. The first-order valence-electron chi connectivity index (χ1n) is 12.5. The fourth-order valence-electron chi connectivity index (χ4n) is 4.22. The normalized spacial score (nSPS) is 13.4. The van der Waals surface area contributed by atoms with Gasteiger partial charge in [0.15, 0.2) is 11.5 Å². The van der Waals surface area contributed by atoms with Gasteiger partial charge in [0.2, 0.25) is 0 Å². The van der Waals surface area contributed by atoms with E-state index in [2.05, 4.69) is 26.7 Å². The van der Waals surface area contributed by atoms with Crippen LogP contribution < -0.4 is 24.8 Å². The molecule has 5 rings (SSSR count). The van der Waals surface area contributed by atoms with Crippen LogP contribution in [0.3, 0.4) is 0 Å². The summed E-state index contributed by atoms with van der Waals surface area (Å²) < 4.78 is 23.9. The highest BCUT2D eigenvalue weighted by molar-refractivity contribution is 5.89. The summed E-state index contributed by atoms with van der Waals surface area (Å²) in [6, 6.07) is 19.0. The number of methoxy groups -OCH3 is 1. The lowest BCUT2D eigenvalue weighted by Gasteiger charge is -2.26. The van der Waals surface area contributed by atoms with Crippen molar-refractivity contribution in [1.29, 1.82) is 5.26 Å². The second-order valence-electron chi connectivity index (χ2n) is 8.70. The van der Waals surface area contributed by atoms with Crippen LogP contribution in [0.4, 0.5) is 16.2 Å². The minimum atomic E-state index is -0.610. The van der Waals surface area contributed by atoms with Gasteiger partial charge in [-0.05, 0) is 36.4 Å². The second-order valence-corrected chi connectivity index (χ2v) is 8.70. The number of benzene rings is 2. The number of nitrogens with one attached hydrogen (secondary N) is 2. The van der Waals surface area contributed by atoms with Gasteiger partial charge in [-0.15, -0.1) is 0 Å². The predicted octanol–water partition coefficient (Wildman–Crippen LogP) is 4.17. The topological polar surface area (TPSA) is 122 Å². The van der Waals surface area contributed by atoms with E-state index >= 15 is 0 Å². The van der Waals surface area contributed by atoms with Crippen LogP contribution in [0.5, 0.6) is 23.0 Å². The Balaban J connectivity index is 1.32. The predicted molar refractivity (Wildman–Crippen MR) is 144 cm³/mol. The van der Waals surface area contributed by atoms with Crippen molar-refractivity contribution in [3.8, 4) is 29.1 Å². The van der Waals surface area contributed by atoms with Gasteiger partial charge in [0.25, 0.3) is 0 Å². The van der Waals surface area contributed by atoms with Gasteiger partial charge in [0, 0.05) is 31.9 Å². The number of ether oxygens (including phenoxy) is 4. The van der Waals surface area contributed by atoms with Gasteiger partial charge >= 0.3 is 6.09 Å². The number of aromatic nitrogens is 2. The van der Waals surface area contributed by atoms with E-state index in [4.69, 9.17) is 18.9 Å². The molecule has 2 aromatic heterocycles. The summed E-state index contributed by atoms with van der Waals surface area (Å²) in [7, 11) is 1.47. The molecule has 1 fully saturated rings. The molecule has 39 heavy (non-hydrogen) atoms. The second kappa shape index (κ2) is 12.2. The molecule has 0 unspecified atom stereocenters. The van der Waals surface area contributed by atoms with Crippen molar-refractivity contribution >= 4 is 23.0 Å². The van der Waals surface area contributed by atoms with Crippen molar-refractivity contribution in [2.45, 2.75) is 0 Å². The molecular formula is C28H28N6O5. The van der Waals surface area contributed by atoms with E-state index in [-0.39, 0.29) is 11.5 Å². The van der Waals surface area contributed by atoms with Crippen LogP contribution >= 0.6 is 0 Å². The first kappa shape index (κ1) is 25.8. The van der Waals surface area contributed by atoms with Crippen molar-refractivity contribution in [3.05, 3.63) is 72.6 Å². The van der Waals surface area contributed by atoms with Gasteiger partial charge in [-0.3, -0.25) is 4.90 Å². The number of para-hydroxylation sites is 1. The Kier molecular flexibility index (Phi) is 8.06. The van der Waals surface area contributed by atoms with E-state index in [1.807, 2.05) is 54.6 Å². The molecule has 1 aliphatic rings. The molecule has 0 atom stereocenters. The molecule has 0 saturated carbocycles. The summed E-state index contributed by atoms with van der Waals surface area (Å²) in [5.74, 6) is 1.85. The van der Waals surface area contributed by atoms with Gasteiger partial charge in [0.05, 0.1) is 44.0 Å². The number of hydrogen-bond acceptors (Lipinski definition) is 9. The summed E-state index contributed by atoms with van der Waals surface area (Å²) >= 11 is 0. The van der Waals surface area contributed by atoms with Crippen LogP contribution in [-0.2, 0) is 4.74 Å². The minimum Gasteiger partial charge on any atom is -0.491 e. The van der Waals surface area contributed by atoms with E-state index in [0.29, 0.717) is 54.5 Å². The number of nitrogens with zero attached hydrogens (tertiary/aromatic N) is 4. The highest BCUT2D eigenvalue weighted by Gasteiger charge is 2.22. The number of carbonyl (C=O) groups excluding carboxylic acids is 1. The largest absolute Gasteiger partial charge is 0.491 e. The molecule has 11 nitrogen and oxygen atoms in total. The average molecular weight is 529 g/mol. The molecule has 11 heteroatoms. The van der Waals surface area contributed by atoms with Crippen LogP contribution in [-0.4, -0.2) is 67.1 Å². The lowest BCUT2D eigenvalue weighted by molar-refractivity contribution is 0.0385. The molecule has 1 saturated heterocycles. The molecule has 3 heterocycles. The van der Waals surface area contributed by atoms with Crippen LogP contribution in [0.1, 0.15) is 5.56 Å². The molecule has 2 aromatic carbocycles. The van der Waals surface area contributed by atoms with Gasteiger partial charge in [-0.2, -0.15) is 10.4 Å². The van der Waals surface area contributed by atoms with E-state index < -0.39 is 6.09 Å². The average Bonchev–Trinajstić information content (AvgIpc) is 3.32. The van der Waals surface area contributed by atoms with Crippen LogP contribution in [0.15, 0.2) is 67.0 Å². The fraction of sp³-hybridized carbons (Fsp3) is 0.250. The molecule has 1 aliphatic heterocycles. The third kappa shape index (κ3) is 6.20. The molecular weight excluding hydrogens is 500 g/mol. The number of carbonyl (C=O) groups is 1. The van der Waals surface area contributed by atoms with Crippen LogP contribution in [0.2, 0.25) is 0 Å². The Hall–Kier alpha value is -4.79. The van der Waals surface area contributed by atoms with Crippen LogP contribution in [0.25, 0.3) is 5.52 Å². The lowest BCUT2D eigenvalue weighted by Crippen LogP contribution is -2.41. The maximum absolute atomic E-state index is 12.5. The van der Waals surface area contributed by atoms with Crippen molar-refractivity contribution in [3.63, 3.8) is 0 Å². The maximum Gasteiger partial charge on any atom is 0.412 e. The van der Waals surface area contributed by atoms with Crippen molar-refractivity contribution < 1.29 is 23.7 Å². The summed E-state index contributed by atoms with van der Waals surface area (Å²) in [6.07, 6.45) is 2.37. The molecule has 0 aliphatic carbocycles. The molecule has 200 valence electrons. The molecule has 4 aromatic rings. The Labute approximate surface area is 225 Å². The first-order chi connectivity index (χ1) is 19.1. The van der Waals surface area contributed by atoms with E-state index in [0.717, 1.165) is 18.8 Å². The standard InChI is InChI=1S/C28H28N6O5/c1-36-27-24(39-28(35)30-11-12-33-13-15-37-16-14-33)19-34-26(27)25(20(17-29)18-31-34)32-21-7-9-23(10-8-21)38-22-5-3-2-4-6-22/h2-10,18-19,32H,11-16H2,1H3,(H,30,35). The summed E-state index contributed by atoms with van der Waals surface area (Å²) in [5.41, 5.74) is 1.93. The number of morpholine rings is 1. The Morgan fingerprint density at radius 3 is 2.56 bits per heavy atom. The zero-order chi connectivity index (χ0) is 27.0. The SMILES string of the molecule is COc1c(OC(=O)NCCN2CCOCC2)cn2ncc(C#N)c(Nc3ccc(Oc4ccccc4)cc3)c12. The number of anilines is 2. The number of rotatable bonds is 9. The highest BCUT2D eigenvalue weighted by Crippen LogP contribution is 2.40. The number of amides is 1. The minimum absolute atomic E-state index is 0.179. The Bertz CT molecular complexity index is 1460. The van der Waals surface area contributed by atoms with Gasteiger partial charge < -0.3 is 29.6 Å². The van der Waals surface area contributed by atoms with E-state index in [1.165, 1.54) is 17.8 Å². The number of nitriles is 1. The summed E-state index contributed by atoms with van der Waals surface area (Å²) in [6.45, 7) is 4.19. The Morgan fingerprint density at radius 1 is 1.10 bits per heavy atom. The fourth-order valence-corrected chi connectivity index (χ4v) is 4.22. The van der Waals surface area contributed by atoms with E-state index in [1.54, 1.807) is 6.20 Å². The van der Waals surface area contributed by atoms with Gasteiger partial charge in [0.1, 0.15) is 23.1 Å². The van der Waals surface area contributed by atoms with E-state index in [9.17, 15) is 10.1 Å². The van der Waals surface area contributed by atoms with Gasteiger partial charge in [-0.25, -0.2) is 9.31 Å². The highest BCUT2D eigenvalue weighted by atomic mass is 16.6. The Morgan fingerprint density at radius 2 is 1.85 bits per heavy atom. The van der Waals surface area contributed by atoms with Crippen molar-refractivity contribution in [2.75, 3.05) is 51.8 Å².